The molecule has 3 N–H and O–H groups in total. The van der Waals surface area contributed by atoms with E-state index < -0.39 is 23.0 Å². The first kappa shape index (κ1) is 27.4. The van der Waals surface area contributed by atoms with Gasteiger partial charge in [0.15, 0.2) is 0 Å². The smallest absolute Gasteiger partial charge is 0.252 e. The molecule has 0 unspecified atom stereocenters. The highest BCUT2D eigenvalue weighted by Gasteiger charge is 2.50. The molecular weight excluding hydrogens is 458 g/mol. The first-order valence-corrected chi connectivity index (χ1v) is 12.2. The van der Waals surface area contributed by atoms with Gasteiger partial charge >= 0.3 is 0 Å². The summed E-state index contributed by atoms with van der Waals surface area (Å²) in [6.07, 6.45) is 0.401. The summed E-state index contributed by atoms with van der Waals surface area (Å²) in [5.74, 6) is -1.05. The van der Waals surface area contributed by atoms with E-state index in [1.807, 2.05) is 58.0 Å². The minimum Gasteiger partial charge on any atom is -0.384 e. The normalized spacial score (nSPS) is 20.0. The van der Waals surface area contributed by atoms with Crippen molar-refractivity contribution >= 4 is 23.4 Å². The molecule has 3 amide bonds. The molecule has 0 radical (unpaired) electrons. The van der Waals surface area contributed by atoms with E-state index in [0.29, 0.717) is 30.8 Å². The molecular formula is C28H37N3O5. The molecule has 36 heavy (non-hydrogen) atoms. The SMILES string of the molecule is COCC(=O)Nc1cccc(C(=O)N[C@@H](C(=O)N2CC[C@](O)(c3ccccc3)C(C)(C)C2)C(C)C)c1. The molecule has 2 aromatic carbocycles. The van der Waals surface area contributed by atoms with Crippen LogP contribution in [0.5, 0.6) is 0 Å². The molecule has 1 fully saturated rings. The predicted octanol–water partition coefficient (Wildman–Crippen LogP) is 3.17. The van der Waals surface area contributed by atoms with Crippen molar-refractivity contribution in [1.29, 1.82) is 0 Å². The fourth-order valence-corrected chi connectivity index (χ4v) is 4.76. The number of anilines is 1. The summed E-state index contributed by atoms with van der Waals surface area (Å²) in [7, 11) is 1.43. The van der Waals surface area contributed by atoms with Gasteiger partial charge in [-0.25, -0.2) is 0 Å². The van der Waals surface area contributed by atoms with Crippen molar-refractivity contribution in [2.24, 2.45) is 11.3 Å². The number of methoxy groups -OCH3 is 1. The zero-order valence-electron chi connectivity index (χ0n) is 21.7. The lowest BCUT2D eigenvalue weighted by molar-refractivity contribution is -0.155. The molecule has 1 saturated heterocycles. The van der Waals surface area contributed by atoms with Crippen LogP contribution in [0.15, 0.2) is 54.6 Å². The summed E-state index contributed by atoms with van der Waals surface area (Å²) < 4.78 is 4.82. The number of ether oxygens (including phenoxy) is 1. The van der Waals surface area contributed by atoms with E-state index in [1.165, 1.54) is 7.11 Å². The number of aliphatic hydroxyl groups is 1. The fourth-order valence-electron chi connectivity index (χ4n) is 4.76. The molecule has 2 aromatic rings. The van der Waals surface area contributed by atoms with E-state index in [4.69, 9.17) is 4.74 Å². The number of likely N-dealkylation sites (tertiary alicyclic amines) is 1. The van der Waals surface area contributed by atoms with Crippen molar-refractivity contribution in [3.8, 4) is 0 Å². The van der Waals surface area contributed by atoms with E-state index in [2.05, 4.69) is 10.6 Å². The summed E-state index contributed by atoms with van der Waals surface area (Å²) in [6, 6.07) is 15.4. The van der Waals surface area contributed by atoms with Crippen LogP contribution in [-0.2, 0) is 19.9 Å². The summed E-state index contributed by atoms with van der Waals surface area (Å²) in [6.45, 7) is 8.36. The number of carbonyl (C=O) groups is 3. The minimum atomic E-state index is -1.06. The van der Waals surface area contributed by atoms with E-state index in [9.17, 15) is 19.5 Å². The van der Waals surface area contributed by atoms with Gasteiger partial charge in [-0.15, -0.1) is 0 Å². The lowest BCUT2D eigenvalue weighted by Gasteiger charge is -2.51. The van der Waals surface area contributed by atoms with E-state index >= 15 is 0 Å². The van der Waals surface area contributed by atoms with Crippen molar-refractivity contribution < 1.29 is 24.2 Å². The molecule has 2 atom stereocenters. The Morgan fingerprint density at radius 3 is 2.39 bits per heavy atom. The van der Waals surface area contributed by atoms with Crippen molar-refractivity contribution in [2.45, 2.75) is 45.8 Å². The van der Waals surface area contributed by atoms with Crippen LogP contribution in [0.1, 0.15) is 50.0 Å². The quantitative estimate of drug-likeness (QED) is 0.521. The average molecular weight is 496 g/mol. The van der Waals surface area contributed by atoms with Gasteiger partial charge in [-0.1, -0.05) is 64.1 Å². The Balaban J connectivity index is 1.73. The van der Waals surface area contributed by atoms with Crippen LogP contribution in [0.4, 0.5) is 5.69 Å². The maximum absolute atomic E-state index is 13.6. The number of piperidine rings is 1. The molecule has 8 nitrogen and oxygen atoms in total. The Hall–Kier alpha value is -3.23. The van der Waals surface area contributed by atoms with Gasteiger partial charge in [0.1, 0.15) is 12.6 Å². The third kappa shape index (κ3) is 5.94. The van der Waals surface area contributed by atoms with Crippen molar-refractivity contribution in [3.63, 3.8) is 0 Å². The second kappa shape index (κ2) is 11.2. The Labute approximate surface area is 213 Å². The monoisotopic (exact) mass is 495 g/mol. The largest absolute Gasteiger partial charge is 0.384 e. The van der Waals surface area contributed by atoms with Crippen molar-refractivity contribution in [2.75, 3.05) is 32.1 Å². The number of carbonyl (C=O) groups excluding carboxylic acids is 3. The van der Waals surface area contributed by atoms with E-state index in [1.54, 1.807) is 29.2 Å². The van der Waals surface area contributed by atoms with Gasteiger partial charge in [0.2, 0.25) is 11.8 Å². The maximum atomic E-state index is 13.6. The van der Waals surface area contributed by atoms with Crippen LogP contribution >= 0.6 is 0 Å². The van der Waals surface area contributed by atoms with Gasteiger partial charge in [-0.3, -0.25) is 14.4 Å². The van der Waals surface area contributed by atoms with Gasteiger partial charge in [0.25, 0.3) is 5.91 Å². The van der Waals surface area contributed by atoms with Gasteiger partial charge in [0.05, 0.1) is 5.60 Å². The fraction of sp³-hybridized carbons (Fsp3) is 0.464. The van der Waals surface area contributed by atoms with Gasteiger partial charge < -0.3 is 25.4 Å². The zero-order valence-corrected chi connectivity index (χ0v) is 21.7. The highest BCUT2D eigenvalue weighted by atomic mass is 16.5. The number of amides is 3. The number of nitrogens with zero attached hydrogens (tertiary/aromatic N) is 1. The molecule has 0 aromatic heterocycles. The van der Waals surface area contributed by atoms with Crippen LogP contribution in [0.25, 0.3) is 0 Å². The molecule has 194 valence electrons. The highest BCUT2D eigenvalue weighted by molar-refractivity contribution is 5.99. The summed E-state index contributed by atoms with van der Waals surface area (Å²) in [5, 5.41) is 17.1. The van der Waals surface area contributed by atoms with Gasteiger partial charge in [-0.05, 0) is 36.1 Å². The first-order valence-electron chi connectivity index (χ1n) is 12.2. The van der Waals surface area contributed by atoms with Crippen LogP contribution < -0.4 is 10.6 Å². The molecule has 0 bridgehead atoms. The van der Waals surface area contributed by atoms with Crippen molar-refractivity contribution in [1.82, 2.24) is 10.2 Å². The summed E-state index contributed by atoms with van der Waals surface area (Å²) in [4.78, 5) is 40.2. The second-order valence-corrected chi connectivity index (χ2v) is 10.4. The predicted molar refractivity (Wildman–Crippen MR) is 138 cm³/mol. The Kier molecular flexibility index (Phi) is 8.53. The molecule has 3 rings (SSSR count). The van der Waals surface area contributed by atoms with Crippen molar-refractivity contribution in [3.05, 3.63) is 65.7 Å². The molecule has 1 aliphatic rings. The van der Waals surface area contributed by atoms with Crippen LogP contribution in [0.3, 0.4) is 0 Å². The standard InChI is InChI=1S/C28H37N3O5/c1-19(2)24(30-25(33)20-10-9-13-22(16-20)29-23(32)17-36-5)26(34)31-15-14-28(35,27(3,4)18-31)21-11-7-6-8-12-21/h6-13,16,19,24,35H,14-15,17-18H2,1-5H3,(H,29,32)(H,30,33)/t24-,28+/m1/s1. The number of nitrogens with one attached hydrogen (secondary N) is 2. The Morgan fingerprint density at radius 1 is 1.08 bits per heavy atom. The number of hydrogen-bond acceptors (Lipinski definition) is 5. The lowest BCUT2D eigenvalue weighted by atomic mass is 9.66. The molecule has 1 aliphatic heterocycles. The maximum Gasteiger partial charge on any atom is 0.252 e. The molecule has 0 saturated carbocycles. The van der Waals surface area contributed by atoms with Crippen LogP contribution in [0.2, 0.25) is 0 Å². The molecule has 0 spiro atoms. The highest BCUT2D eigenvalue weighted by Crippen LogP contribution is 2.46. The second-order valence-electron chi connectivity index (χ2n) is 10.4. The third-order valence-electron chi connectivity index (χ3n) is 6.92. The van der Waals surface area contributed by atoms with Crippen LogP contribution in [-0.4, -0.2) is 60.6 Å². The number of rotatable bonds is 8. The zero-order chi connectivity index (χ0) is 26.5. The van der Waals surface area contributed by atoms with Gasteiger partial charge in [-0.2, -0.15) is 0 Å². The van der Waals surface area contributed by atoms with E-state index in [0.717, 1.165) is 5.56 Å². The lowest BCUT2D eigenvalue weighted by Crippen LogP contribution is -2.60. The molecule has 8 heteroatoms. The number of benzene rings is 2. The molecule has 0 aliphatic carbocycles. The summed E-state index contributed by atoms with van der Waals surface area (Å²) >= 11 is 0. The molecule has 1 heterocycles. The van der Waals surface area contributed by atoms with E-state index in [-0.39, 0.29) is 24.3 Å². The van der Waals surface area contributed by atoms with Crippen LogP contribution in [0, 0.1) is 11.3 Å². The third-order valence-corrected chi connectivity index (χ3v) is 6.92. The first-order chi connectivity index (χ1) is 17.0. The Bertz CT molecular complexity index is 1090. The Morgan fingerprint density at radius 2 is 1.78 bits per heavy atom. The topological polar surface area (TPSA) is 108 Å². The summed E-state index contributed by atoms with van der Waals surface area (Å²) in [5.41, 5.74) is -0.0119. The number of hydrogen-bond donors (Lipinski definition) is 3. The average Bonchev–Trinajstić information content (AvgIpc) is 2.84. The van der Waals surface area contributed by atoms with Gasteiger partial charge in [0, 0.05) is 36.9 Å². The minimum absolute atomic E-state index is 0.0913.